The topological polar surface area (TPSA) is 61.8 Å². The third kappa shape index (κ3) is 5.14. The minimum atomic E-state index is -3.84. The quantitative estimate of drug-likeness (QED) is 0.684. The molecule has 2 atom stereocenters. The van der Waals surface area contributed by atoms with Gasteiger partial charge < -0.3 is 9.47 Å². The lowest BCUT2D eigenvalue weighted by molar-refractivity contribution is -0.195. The van der Waals surface area contributed by atoms with Crippen molar-refractivity contribution in [3.05, 3.63) is 65.7 Å². The first-order chi connectivity index (χ1) is 12.5. The van der Waals surface area contributed by atoms with Crippen LogP contribution in [-0.2, 0) is 23.8 Å². The van der Waals surface area contributed by atoms with Crippen molar-refractivity contribution in [2.75, 3.05) is 13.2 Å². The van der Waals surface area contributed by atoms with E-state index in [-0.39, 0.29) is 17.8 Å². The minimum absolute atomic E-state index is 0.0971. The number of benzene rings is 2. The van der Waals surface area contributed by atoms with Crippen molar-refractivity contribution >= 4 is 10.1 Å². The third-order valence-corrected chi connectivity index (χ3v) is 5.61. The fourth-order valence-corrected chi connectivity index (χ4v) is 3.72. The molecule has 0 aromatic heterocycles. The number of rotatable bonds is 7. The molecule has 0 bridgehead atoms. The number of hydrogen-bond donors (Lipinski definition) is 0. The van der Waals surface area contributed by atoms with Gasteiger partial charge in [-0.3, -0.25) is 4.18 Å². The Balaban J connectivity index is 1.71. The second kappa shape index (κ2) is 8.77. The van der Waals surface area contributed by atoms with Gasteiger partial charge in [-0.05, 0) is 43.9 Å². The van der Waals surface area contributed by atoms with Crippen molar-refractivity contribution in [2.45, 2.75) is 43.5 Å². The maximum absolute atomic E-state index is 12.5. The second-order valence-electron chi connectivity index (χ2n) is 6.38. The van der Waals surface area contributed by atoms with E-state index in [1.54, 1.807) is 24.3 Å². The smallest absolute Gasteiger partial charge is 0.297 e. The van der Waals surface area contributed by atoms with E-state index in [2.05, 4.69) is 0 Å². The van der Waals surface area contributed by atoms with Crippen LogP contribution in [0.2, 0.25) is 0 Å². The summed E-state index contributed by atoms with van der Waals surface area (Å²) in [6, 6.07) is 16.1. The molecule has 1 aliphatic heterocycles. The zero-order chi connectivity index (χ0) is 18.4. The van der Waals surface area contributed by atoms with Crippen LogP contribution in [0.5, 0.6) is 0 Å². The lowest BCUT2D eigenvalue weighted by Gasteiger charge is -2.27. The van der Waals surface area contributed by atoms with Gasteiger partial charge in [0, 0.05) is 6.61 Å². The van der Waals surface area contributed by atoms with Gasteiger partial charge in [0.05, 0.1) is 11.5 Å². The highest BCUT2D eigenvalue weighted by molar-refractivity contribution is 7.86. The molecule has 1 saturated heterocycles. The Morgan fingerprint density at radius 1 is 1.08 bits per heavy atom. The number of hydrogen-bond acceptors (Lipinski definition) is 5. The Kier molecular flexibility index (Phi) is 6.43. The zero-order valence-corrected chi connectivity index (χ0v) is 15.7. The van der Waals surface area contributed by atoms with E-state index in [1.807, 2.05) is 37.3 Å². The van der Waals surface area contributed by atoms with Crippen molar-refractivity contribution in [1.82, 2.24) is 0 Å². The van der Waals surface area contributed by atoms with Crippen LogP contribution in [0.3, 0.4) is 0 Å². The first kappa shape index (κ1) is 19.0. The van der Waals surface area contributed by atoms with Gasteiger partial charge in [-0.15, -0.1) is 0 Å². The van der Waals surface area contributed by atoms with Crippen molar-refractivity contribution in [3.63, 3.8) is 0 Å². The number of ether oxygens (including phenoxy) is 2. The van der Waals surface area contributed by atoms with Crippen LogP contribution in [0.15, 0.2) is 59.5 Å². The molecule has 0 spiro atoms. The average Bonchev–Trinajstić information content (AvgIpc) is 2.67. The molecule has 5 nitrogen and oxygen atoms in total. The summed E-state index contributed by atoms with van der Waals surface area (Å²) in [7, 11) is -3.84. The van der Waals surface area contributed by atoms with Gasteiger partial charge >= 0.3 is 0 Å². The van der Waals surface area contributed by atoms with Crippen LogP contribution in [0.4, 0.5) is 0 Å². The van der Waals surface area contributed by atoms with Crippen molar-refractivity contribution in [3.8, 4) is 0 Å². The maximum Gasteiger partial charge on any atom is 0.297 e. The Hall–Kier alpha value is -1.73. The third-order valence-electron chi connectivity index (χ3n) is 4.31. The van der Waals surface area contributed by atoms with Gasteiger partial charge in [0.1, 0.15) is 6.10 Å². The highest BCUT2D eigenvalue weighted by Crippen LogP contribution is 2.26. The first-order valence-electron chi connectivity index (χ1n) is 8.83. The summed E-state index contributed by atoms with van der Waals surface area (Å²) >= 11 is 0. The molecular weight excluding hydrogens is 352 g/mol. The van der Waals surface area contributed by atoms with Gasteiger partial charge in [0.25, 0.3) is 10.1 Å². The molecule has 0 amide bonds. The lowest BCUT2D eigenvalue weighted by atomic mass is 10.1. The fraction of sp³-hybridized carbons (Fsp3) is 0.400. The van der Waals surface area contributed by atoms with Crippen molar-refractivity contribution in [2.24, 2.45) is 0 Å². The summed E-state index contributed by atoms with van der Waals surface area (Å²) in [5, 5.41) is 0. The van der Waals surface area contributed by atoms with E-state index in [4.69, 9.17) is 13.7 Å². The summed E-state index contributed by atoms with van der Waals surface area (Å²) in [6.45, 7) is 2.47. The fourth-order valence-electron chi connectivity index (χ4n) is 2.81. The van der Waals surface area contributed by atoms with Gasteiger partial charge in [0.15, 0.2) is 6.29 Å². The SMILES string of the molecule is Cc1ccc(S(=O)(=O)OC[C@H](O[C@H]2CCCCO2)c2ccccc2)cc1. The zero-order valence-electron chi connectivity index (χ0n) is 14.8. The largest absolute Gasteiger partial charge is 0.353 e. The molecule has 1 heterocycles. The van der Waals surface area contributed by atoms with Crippen molar-refractivity contribution in [1.29, 1.82) is 0 Å². The average molecular weight is 376 g/mol. The summed E-state index contributed by atoms with van der Waals surface area (Å²) in [4.78, 5) is 0.142. The molecule has 6 heteroatoms. The molecule has 0 aliphatic carbocycles. The maximum atomic E-state index is 12.5. The summed E-state index contributed by atoms with van der Waals surface area (Å²) < 4.78 is 41.9. The Morgan fingerprint density at radius 2 is 1.81 bits per heavy atom. The predicted octanol–water partition coefficient (Wildman–Crippen LogP) is 3.98. The molecule has 26 heavy (non-hydrogen) atoms. The number of aryl methyl sites for hydroxylation is 1. The monoisotopic (exact) mass is 376 g/mol. The van der Waals surface area contributed by atoms with E-state index < -0.39 is 16.2 Å². The van der Waals surface area contributed by atoms with E-state index in [1.165, 1.54) is 0 Å². The Bertz CT molecular complexity index is 781. The van der Waals surface area contributed by atoms with Crippen molar-refractivity contribution < 1.29 is 22.1 Å². The molecule has 140 valence electrons. The normalized spacial score (nSPS) is 19.2. The second-order valence-corrected chi connectivity index (χ2v) is 8.00. The van der Waals surface area contributed by atoms with Gasteiger partial charge in [-0.1, -0.05) is 48.0 Å². The molecule has 0 unspecified atom stereocenters. The molecule has 0 N–H and O–H groups in total. The molecule has 0 saturated carbocycles. The van der Waals surface area contributed by atoms with Gasteiger partial charge in [-0.25, -0.2) is 0 Å². The summed E-state index contributed by atoms with van der Waals surface area (Å²) in [5.74, 6) is 0. The molecule has 0 radical (unpaired) electrons. The predicted molar refractivity (Wildman–Crippen MR) is 98.2 cm³/mol. The lowest BCUT2D eigenvalue weighted by Crippen LogP contribution is -2.27. The Morgan fingerprint density at radius 3 is 2.46 bits per heavy atom. The Labute approximate surface area is 155 Å². The van der Waals surface area contributed by atoms with Crippen LogP contribution in [0.25, 0.3) is 0 Å². The highest BCUT2D eigenvalue weighted by Gasteiger charge is 2.24. The van der Waals surface area contributed by atoms with Gasteiger partial charge in [0.2, 0.25) is 0 Å². The molecule has 1 aliphatic rings. The molecule has 2 aromatic carbocycles. The standard InChI is InChI=1S/C20H24O5S/c1-16-10-12-18(13-11-16)26(21,22)24-15-19(17-7-3-2-4-8-17)25-20-9-5-6-14-23-20/h2-4,7-8,10-13,19-20H,5-6,9,14-15H2,1H3/t19-,20-/m0/s1. The molecule has 3 rings (SSSR count). The minimum Gasteiger partial charge on any atom is -0.353 e. The van der Waals surface area contributed by atoms with E-state index in [0.717, 1.165) is 30.4 Å². The van der Waals surface area contributed by atoms with E-state index in [0.29, 0.717) is 6.61 Å². The molecule has 2 aromatic rings. The molecule has 1 fully saturated rings. The van der Waals surface area contributed by atoms with E-state index in [9.17, 15) is 8.42 Å². The van der Waals surface area contributed by atoms with Crippen LogP contribution < -0.4 is 0 Å². The van der Waals surface area contributed by atoms with Crippen LogP contribution >= 0.6 is 0 Å². The highest BCUT2D eigenvalue weighted by atomic mass is 32.2. The molecular formula is C20H24O5S. The first-order valence-corrected chi connectivity index (χ1v) is 10.2. The van der Waals surface area contributed by atoms with Crippen LogP contribution in [0, 0.1) is 6.92 Å². The van der Waals surface area contributed by atoms with Gasteiger partial charge in [-0.2, -0.15) is 8.42 Å². The van der Waals surface area contributed by atoms with Crippen LogP contribution in [-0.4, -0.2) is 27.9 Å². The summed E-state index contributed by atoms with van der Waals surface area (Å²) in [5.41, 5.74) is 1.85. The van der Waals surface area contributed by atoms with E-state index >= 15 is 0 Å². The van der Waals surface area contributed by atoms with Crippen LogP contribution in [0.1, 0.15) is 36.5 Å². The summed E-state index contributed by atoms with van der Waals surface area (Å²) in [6.07, 6.45) is 2.01.